The summed E-state index contributed by atoms with van der Waals surface area (Å²) < 4.78 is 5.71. The molecule has 0 spiro atoms. The largest absolute Gasteiger partial charge is 0.456 e. The van der Waals surface area contributed by atoms with Crippen LogP contribution in [0.4, 0.5) is 0 Å². The van der Waals surface area contributed by atoms with E-state index in [2.05, 4.69) is 0 Å². The SMILES string of the molecule is CC(C)[C@@H](O)C[C@@H](O)[C@](C)(O)[C@H]1CC[C@@]2(O)C3=CC(=O)[C@]4(O)C[C@@H](O)[C@@H](OC(=O)/C=C/c5ccccc5)C[C@]4(C)[C@@H]3CC[C@]12C. The summed E-state index contributed by atoms with van der Waals surface area (Å²) in [4.78, 5) is 26.6. The van der Waals surface area contributed by atoms with Crippen LogP contribution >= 0.6 is 0 Å². The molecule has 4 aliphatic rings. The fraction of sp³-hybridized carbons (Fsp3) is 0.667. The fourth-order valence-electron chi connectivity index (χ4n) is 9.28. The lowest BCUT2D eigenvalue weighted by Crippen LogP contribution is -2.69. The van der Waals surface area contributed by atoms with Crippen LogP contribution in [0.15, 0.2) is 48.1 Å². The third-order valence-corrected chi connectivity index (χ3v) is 12.4. The molecule has 3 saturated carbocycles. The third-order valence-electron chi connectivity index (χ3n) is 12.4. The highest BCUT2D eigenvalue weighted by Crippen LogP contribution is 2.69. The predicted molar refractivity (Wildman–Crippen MR) is 167 cm³/mol. The number of carbonyl (C=O) groups is 2. The molecule has 1 aromatic carbocycles. The van der Waals surface area contributed by atoms with E-state index in [1.54, 1.807) is 19.9 Å². The van der Waals surface area contributed by atoms with Gasteiger partial charge in [0.15, 0.2) is 5.78 Å². The van der Waals surface area contributed by atoms with Crippen LogP contribution in [0.5, 0.6) is 0 Å². The molecule has 0 amide bonds. The van der Waals surface area contributed by atoms with Crippen molar-refractivity contribution in [3.05, 3.63) is 53.6 Å². The molecule has 9 nitrogen and oxygen atoms in total. The molecule has 6 N–H and O–H groups in total. The lowest BCUT2D eigenvalue weighted by molar-refractivity contribution is -0.216. The molecule has 3 fully saturated rings. The minimum atomic E-state index is -1.92. The van der Waals surface area contributed by atoms with Crippen molar-refractivity contribution >= 4 is 17.8 Å². The van der Waals surface area contributed by atoms with Gasteiger partial charge in [0.1, 0.15) is 11.7 Å². The summed E-state index contributed by atoms with van der Waals surface area (Å²) in [6.45, 7) is 8.92. The quantitative estimate of drug-likeness (QED) is 0.188. The van der Waals surface area contributed by atoms with Gasteiger partial charge in [-0.25, -0.2) is 4.79 Å². The van der Waals surface area contributed by atoms with Gasteiger partial charge in [-0.1, -0.05) is 58.0 Å². The van der Waals surface area contributed by atoms with Gasteiger partial charge in [0, 0.05) is 29.7 Å². The van der Waals surface area contributed by atoms with Crippen LogP contribution < -0.4 is 0 Å². The number of ketones is 1. The lowest BCUT2D eigenvalue weighted by Gasteiger charge is -2.63. The standard InChI is InChI=1S/C36H50O9/c1-21(2)25(37)18-29(39)34(5,42)28-14-16-35(43)24-17-30(40)36(44)19-26(38)27(20-33(36,4)23(24)13-15-32(28,35)3)45-31(41)12-11-22-9-7-6-8-10-22/h6-12,17,21,23,25-29,37-39,42-44H,13-16,18-20H2,1-5H3/b12-11+/t23-,25+,26-,27+,28+,29-,32-,33-,34-,35-,36-/m1/s1. The second-order valence-electron chi connectivity index (χ2n) is 15.2. The topological polar surface area (TPSA) is 165 Å². The van der Waals surface area contributed by atoms with Crippen molar-refractivity contribution in [1.82, 2.24) is 0 Å². The maximum atomic E-state index is 13.8. The van der Waals surface area contributed by atoms with Gasteiger partial charge in [-0.05, 0) is 80.1 Å². The van der Waals surface area contributed by atoms with E-state index in [0.717, 1.165) is 5.56 Å². The van der Waals surface area contributed by atoms with Crippen LogP contribution in [0.25, 0.3) is 6.08 Å². The second kappa shape index (κ2) is 11.7. The summed E-state index contributed by atoms with van der Waals surface area (Å²) in [5, 5.41) is 68.7. The first-order valence-electron chi connectivity index (χ1n) is 16.3. The summed E-state index contributed by atoms with van der Waals surface area (Å²) in [6, 6.07) is 9.24. The Labute approximate surface area is 265 Å². The van der Waals surface area contributed by atoms with Crippen LogP contribution in [0, 0.1) is 28.6 Å². The number of carbonyl (C=O) groups excluding carboxylic acids is 2. The summed E-state index contributed by atoms with van der Waals surface area (Å²) >= 11 is 0. The van der Waals surface area contributed by atoms with Gasteiger partial charge in [0.2, 0.25) is 0 Å². The highest BCUT2D eigenvalue weighted by atomic mass is 16.6. The predicted octanol–water partition coefficient (Wildman–Crippen LogP) is 3.09. The molecule has 0 unspecified atom stereocenters. The Morgan fingerprint density at radius 1 is 1.04 bits per heavy atom. The maximum Gasteiger partial charge on any atom is 0.331 e. The smallest absolute Gasteiger partial charge is 0.331 e. The minimum absolute atomic E-state index is 0.00639. The van der Waals surface area contributed by atoms with E-state index in [1.165, 1.54) is 12.2 Å². The number of benzene rings is 1. The molecule has 4 aliphatic carbocycles. The number of aliphatic hydroxyl groups is 6. The molecule has 248 valence electrons. The summed E-state index contributed by atoms with van der Waals surface area (Å²) in [7, 11) is 0. The molecule has 11 atom stereocenters. The van der Waals surface area contributed by atoms with Crippen molar-refractivity contribution in [3.8, 4) is 0 Å². The first-order valence-corrected chi connectivity index (χ1v) is 16.3. The van der Waals surface area contributed by atoms with E-state index >= 15 is 0 Å². The van der Waals surface area contributed by atoms with Crippen molar-refractivity contribution in [2.45, 2.75) is 121 Å². The normalized spacial score (nSPS) is 40.6. The minimum Gasteiger partial charge on any atom is -0.456 e. The average Bonchev–Trinajstić information content (AvgIpc) is 3.26. The molecular formula is C36H50O9. The highest BCUT2D eigenvalue weighted by molar-refractivity contribution is 6.00. The Balaban J connectivity index is 1.42. The van der Waals surface area contributed by atoms with Gasteiger partial charge in [-0.2, -0.15) is 0 Å². The van der Waals surface area contributed by atoms with Crippen LogP contribution in [0.2, 0.25) is 0 Å². The summed E-state index contributed by atoms with van der Waals surface area (Å²) in [6.07, 6.45) is 1.24. The van der Waals surface area contributed by atoms with Crippen LogP contribution in [-0.2, 0) is 14.3 Å². The molecule has 0 saturated heterocycles. The van der Waals surface area contributed by atoms with Crippen LogP contribution in [0.3, 0.4) is 0 Å². The zero-order chi connectivity index (χ0) is 33.2. The van der Waals surface area contributed by atoms with E-state index in [0.29, 0.717) is 24.8 Å². The zero-order valence-corrected chi connectivity index (χ0v) is 27.0. The van der Waals surface area contributed by atoms with Gasteiger partial charge < -0.3 is 35.4 Å². The average molecular weight is 627 g/mol. The summed E-state index contributed by atoms with van der Waals surface area (Å²) in [5.74, 6) is -2.34. The molecule has 45 heavy (non-hydrogen) atoms. The molecule has 0 radical (unpaired) electrons. The van der Waals surface area contributed by atoms with Crippen molar-refractivity contribution < 1.29 is 45.0 Å². The maximum absolute atomic E-state index is 13.8. The van der Waals surface area contributed by atoms with E-state index in [-0.39, 0.29) is 31.6 Å². The molecule has 5 rings (SSSR count). The Morgan fingerprint density at radius 3 is 2.36 bits per heavy atom. The number of aliphatic hydroxyl groups excluding tert-OH is 3. The monoisotopic (exact) mass is 626 g/mol. The summed E-state index contributed by atoms with van der Waals surface area (Å²) in [5.41, 5.74) is -5.79. The molecule has 9 heteroatoms. The Kier molecular flexibility index (Phi) is 8.82. The van der Waals surface area contributed by atoms with Gasteiger partial charge in [0.25, 0.3) is 0 Å². The van der Waals surface area contributed by atoms with Gasteiger partial charge >= 0.3 is 5.97 Å². The number of hydrogen-bond donors (Lipinski definition) is 6. The number of rotatable bonds is 8. The van der Waals surface area contributed by atoms with Gasteiger partial charge in [-0.15, -0.1) is 0 Å². The number of ether oxygens (including phenoxy) is 1. The lowest BCUT2D eigenvalue weighted by atomic mass is 9.44. The van der Waals surface area contributed by atoms with Gasteiger partial charge in [0.05, 0.1) is 29.5 Å². The van der Waals surface area contributed by atoms with Crippen molar-refractivity contribution in [3.63, 3.8) is 0 Å². The number of esters is 1. The van der Waals surface area contributed by atoms with E-state index < -0.39 is 75.6 Å². The Morgan fingerprint density at radius 2 is 1.71 bits per heavy atom. The Bertz CT molecular complexity index is 1350. The second-order valence-corrected chi connectivity index (χ2v) is 15.2. The van der Waals surface area contributed by atoms with Crippen LogP contribution in [-0.4, -0.2) is 83.6 Å². The highest BCUT2D eigenvalue weighted by Gasteiger charge is 2.72. The van der Waals surface area contributed by atoms with Gasteiger partial charge in [-0.3, -0.25) is 4.79 Å². The first kappa shape index (κ1) is 33.9. The molecule has 1 aromatic rings. The van der Waals surface area contributed by atoms with Crippen molar-refractivity contribution in [1.29, 1.82) is 0 Å². The molecule has 0 bridgehead atoms. The van der Waals surface area contributed by atoms with Crippen LogP contribution in [0.1, 0.15) is 85.1 Å². The fourth-order valence-corrected chi connectivity index (χ4v) is 9.28. The van der Waals surface area contributed by atoms with E-state index in [4.69, 9.17) is 4.74 Å². The van der Waals surface area contributed by atoms with Crippen molar-refractivity contribution in [2.24, 2.45) is 28.6 Å². The first-order chi connectivity index (χ1) is 20.9. The third kappa shape index (κ3) is 5.33. The molecular weight excluding hydrogens is 576 g/mol. The Hall–Kier alpha value is -2.40. The molecule has 0 aliphatic heterocycles. The zero-order valence-electron chi connectivity index (χ0n) is 27.0. The number of hydrogen-bond acceptors (Lipinski definition) is 9. The number of fused-ring (bicyclic) bond motifs is 5. The van der Waals surface area contributed by atoms with Crippen molar-refractivity contribution in [2.75, 3.05) is 0 Å². The molecule has 0 heterocycles. The molecule has 0 aromatic heterocycles. The van der Waals surface area contributed by atoms with E-state index in [1.807, 2.05) is 51.1 Å². The van der Waals surface area contributed by atoms with E-state index in [9.17, 15) is 40.2 Å².